The van der Waals surface area contributed by atoms with E-state index in [0.717, 1.165) is 12.1 Å². The number of fused-ring (bicyclic) bond motifs is 4. The van der Waals surface area contributed by atoms with Crippen LogP contribution < -0.4 is 16.1 Å². The van der Waals surface area contributed by atoms with E-state index in [4.69, 9.17) is 0 Å². The molecule has 0 radical (unpaired) electrons. The zero-order valence-electron chi connectivity index (χ0n) is 18.6. The third-order valence-electron chi connectivity index (χ3n) is 6.60. The number of nitrogens with zero attached hydrogens (tertiary/aromatic N) is 2. The number of piperidine rings is 1. The third-order valence-corrected chi connectivity index (χ3v) is 8.44. The Morgan fingerprint density at radius 3 is 2.49 bits per heavy atom. The molecule has 3 atom stereocenters. The molecule has 35 heavy (non-hydrogen) atoms. The molecule has 1 aromatic heterocycles. The van der Waals surface area contributed by atoms with Crippen LogP contribution >= 0.6 is 0 Å². The molecule has 3 N–H and O–H groups in total. The fourth-order valence-electron chi connectivity index (χ4n) is 4.97. The van der Waals surface area contributed by atoms with E-state index in [1.807, 2.05) is 6.07 Å². The summed E-state index contributed by atoms with van der Waals surface area (Å²) in [6, 6.07) is 16.8. The Bertz CT molecular complexity index is 1430. The molecule has 1 fully saturated rings. The Morgan fingerprint density at radius 1 is 1.00 bits per heavy atom. The number of benzene rings is 2. The van der Waals surface area contributed by atoms with Gasteiger partial charge in [-0.1, -0.05) is 18.2 Å². The maximum atomic E-state index is 13.4. The van der Waals surface area contributed by atoms with Crippen molar-refractivity contribution in [1.82, 2.24) is 8.87 Å². The number of nitrogens with one attached hydrogen (secondary N) is 2. The van der Waals surface area contributed by atoms with E-state index in [1.54, 1.807) is 16.7 Å². The Morgan fingerprint density at radius 2 is 1.74 bits per heavy atom. The van der Waals surface area contributed by atoms with E-state index in [1.165, 1.54) is 52.8 Å². The van der Waals surface area contributed by atoms with Gasteiger partial charge >= 0.3 is 0 Å². The van der Waals surface area contributed by atoms with Crippen molar-refractivity contribution < 1.29 is 23.6 Å². The molecule has 0 spiro atoms. The van der Waals surface area contributed by atoms with Crippen LogP contribution in [0.3, 0.4) is 0 Å². The van der Waals surface area contributed by atoms with Crippen molar-refractivity contribution in [3.05, 3.63) is 93.5 Å². The molecule has 182 valence electrons. The van der Waals surface area contributed by atoms with Crippen LogP contribution in [0.4, 0.5) is 11.4 Å². The molecular weight excluding hydrogens is 472 g/mol. The molecule has 10 nitrogen and oxygen atoms in total. The van der Waals surface area contributed by atoms with Gasteiger partial charge in [0.1, 0.15) is 5.56 Å². The SMILES string of the molecule is O=C(Nc1ccc(S(=O)(=O)N2CC3CC(C2)c2cccc(=O)n2C3)cc1)c1ccccc1[NH+]([O-])O. The van der Waals surface area contributed by atoms with Gasteiger partial charge in [0.25, 0.3) is 11.5 Å². The zero-order chi connectivity index (χ0) is 24.7. The molecule has 11 heteroatoms. The Labute approximate surface area is 201 Å². The highest BCUT2D eigenvalue weighted by molar-refractivity contribution is 7.89. The summed E-state index contributed by atoms with van der Waals surface area (Å²) in [5.74, 6) is -0.584. The molecule has 2 aromatic carbocycles. The van der Waals surface area contributed by atoms with Gasteiger partial charge in [-0.3, -0.25) is 9.59 Å². The number of sulfonamides is 1. The summed E-state index contributed by atoms with van der Waals surface area (Å²) in [4.78, 5) is 24.9. The average molecular weight is 497 g/mol. The number of anilines is 1. The molecule has 5 rings (SSSR count). The van der Waals surface area contributed by atoms with Crippen LogP contribution in [0.2, 0.25) is 0 Å². The number of carbonyl (C=O) groups is 1. The molecule has 0 saturated carbocycles. The minimum Gasteiger partial charge on any atom is -0.595 e. The first-order valence-electron chi connectivity index (χ1n) is 11.2. The van der Waals surface area contributed by atoms with E-state index in [2.05, 4.69) is 5.32 Å². The molecule has 2 aliphatic rings. The summed E-state index contributed by atoms with van der Waals surface area (Å²) in [7, 11) is -3.78. The average Bonchev–Trinajstić information content (AvgIpc) is 2.85. The summed E-state index contributed by atoms with van der Waals surface area (Å²) in [6.07, 6.45) is 0.845. The van der Waals surface area contributed by atoms with Gasteiger partial charge in [0.15, 0.2) is 5.69 Å². The Hall–Kier alpha value is -3.35. The quantitative estimate of drug-likeness (QED) is 0.456. The Balaban J connectivity index is 1.33. The van der Waals surface area contributed by atoms with Crippen molar-refractivity contribution in [3.8, 4) is 0 Å². The lowest BCUT2D eigenvalue weighted by Crippen LogP contribution is -2.99. The van der Waals surface area contributed by atoms with Crippen LogP contribution in [0.1, 0.15) is 28.4 Å². The smallest absolute Gasteiger partial charge is 0.261 e. The van der Waals surface area contributed by atoms with Crippen LogP contribution in [-0.2, 0) is 16.6 Å². The first kappa shape index (κ1) is 23.4. The Kier molecular flexibility index (Phi) is 6.03. The molecular formula is C24H24N4O6S. The number of pyridine rings is 1. The summed E-state index contributed by atoms with van der Waals surface area (Å²) < 4.78 is 30.0. The first-order chi connectivity index (χ1) is 16.7. The lowest BCUT2D eigenvalue weighted by molar-refractivity contribution is -0.991. The number of carbonyl (C=O) groups excluding carboxylic acids is 1. The van der Waals surface area contributed by atoms with Gasteiger partial charge in [0, 0.05) is 49.1 Å². The molecule has 1 amide bonds. The highest BCUT2D eigenvalue weighted by atomic mass is 32.2. The van der Waals surface area contributed by atoms with Gasteiger partial charge in [-0.05, 0) is 48.7 Å². The molecule has 3 heterocycles. The number of rotatable bonds is 5. The van der Waals surface area contributed by atoms with Crippen LogP contribution in [0.15, 0.2) is 76.4 Å². The highest BCUT2D eigenvalue weighted by Crippen LogP contribution is 2.37. The molecule has 2 aliphatic heterocycles. The van der Waals surface area contributed by atoms with Crippen LogP contribution in [-0.4, -0.2) is 41.5 Å². The van der Waals surface area contributed by atoms with Crippen molar-refractivity contribution in [1.29, 1.82) is 0 Å². The van der Waals surface area contributed by atoms with Crippen molar-refractivity contribution in [2.24, 2.45) is 5.92 Å². The predicted molar refractivity (Wildman–Crippen MR) is 127 cm³/mol. The first-order valence-corrected chi connectivity index (χ1v) is 12.6. The van der Waals surface area contributed by atoms with Crippen LogP contribution in [0.25, 0.3) is 0 Å². The second-order valence-electron chi connectivity index (χ2n) is 8.85. The molecule has 1 saturated heterocycles. The highest BCUT2D eigenvalue weighted by Gasteiger charge is 2.39. The monoisotopic (exact) mass is 496 g/mol. The van der Waals surface area contributed by atoms with Gasteiger partial charge in [0.05, 0.1) is 4.90 Å². The standard InChI is InChI=1S/C24H24N4O6S/c29-23-7-3-6-21-17-12-16(14-27(21)23)13-26(15-17)35(33,34)19-10-8-18(9-11-19)25-24(30)20-4-1-2-5-22(20)28(31)32/h1-11,16-17,28,31H,12-15H2,(H,25,30). The third kappa shape index (κ3) is 4.40. The molecule has 0 aliphatic carbocycles. The summed E-state index contributed by atoms with van der Waals surface area (Å²) >= 11 is 0. The molecule has 2 bridgehead atoms. The summed E-state index contributed by atoms with van der Waals surface area (Å²) in [6.45, 7) is 1.14. The molecule has 3 aromatic rings. The minimum atomic E-state index is -3.78. The van der Waals surface area contributed by atoms with Crippen LogP contribution in [0.5, 0.6) is 0 Å². The van der Waals surface area contributed by atoms with Crippen LogP contribution in [0, 0.1) is 11.1 Å². The number of amides is 1. The van der Waals surface area contributed by atoms with E-state index in [0.29, 0.717) is 25.3 Å². The number of hydrogen-bond acceptors (Lipinski definition) is 6. The second kappa shape index (κ2) is 9.02. The van der Waals surface area contributed by atoms with Crippen molar-refractivity contribution in [2.75, 3.05) is 18.4 Å². The number of para-hydroxylation sites is 1. The predicted octanol–water partition coefficient (Wildman–Crippen LogP) is 1.31. The van der Waals surface area contributed by atoms with Gasteiger partial charge in [0.2, 0.25) is 10.0 Å². The lowest BCUT2D eigenvalue weighted by atomic mass is 9.84. The van der Waals surface area contributed by atoms with Gasteiger partial charge in [-0.2, -0.15) is 9.53 Å². The van der Waals surface area contributed by atoms with E-state index >= 15 is 0 Å². The number of quaternary nitrogens is 1. The minimum absolute atomic E-state index is 0.0101. The largest absolute Gasteiger partial charge is 0.595 e. The summed E-state index contributed by atoms with van der Waals surface area (Å²) in [5, 5.41) is 22.1. The van der Waals surface area contributed by atoms with Gasteiger partial charge in [-0.15, -0.1) is 0 Å². The van der Waals surface area contributed by atoms with E-state index in [-0.39, 0.29) is 33.5 Å². The maximum Gasteiger partial charge on any atom is 0.261 e. The second-order valence-corrected chi connectivity index (χ2v) is 10.8. The summed E-state index contributed by atoms with van der Waals surface area (Å²) in [5.41, 5.74) is 1.04. The fraction of sp³-hybridized carbons (Fsp3) is 0.250. The van der Waals surface area contributed by atoms with Crippen molar-refractivity contribution in [2.45, 2.75) is 23.8 Å². The number of hydrogen-bond donors (Lipinski definition) is 3. The zero-order valence-corrected chi connectivity index (χ0v) is 19.4. The van der Waals surface area contributed by atoms with Gasteiger partial charge < -0.3 is 15.1 Å². The molecule has 3 unspecified atom stereocenters. The maximum absolute atomic E-state index is 13.4. The lowest BCUT2D eigenvalue weighted by Gasteiger charge is -2.42. The van der Waals surface area contributed by atoms with Crippen molar-refractivity contribution >= 4 is 27.3 Å². The fourth-order valence-corrected chi connectivity index (χ4v) is 6.54. The van der Waals surface area contributed by atoms with E-state index < -0.39 is 21.2 Å². The van der Waals surface area contributed by atoms with Gasteiger partial charge in [-0.25, -0.2) is 13.6 Å². The number of aromatic nitrogens is 1. The van der Waals surface area contributed by atoms with E-state index in [9.17, 15) is 28.4 Å². The van der Waals surface area contributed by atoms with Crippen molar-refractivity contribution in [3.63, 3.8) is 0 Å². The normalized spacial score (nSPS) is 20.6. The topological polar surface area (TPSA) is 136 Å².